The Morgan fingerprint density at radius 3 is 2.73 bits per heavy atom. The lowest BCUT2D eigenvalue weighted by molar-refractivity contribution is -0.123. The maximum absolute atomic E-state index is 11.9. The van der Waals surface area contributed by atoms with Gasteiger partial charge in [-0.3, -0.25) is 9.59 Å². The van der Waals surface area contributed by atoms with E-state index in [9.17, 15) is 9.59 Å². The van der Waals surface area contributed by atoms with Gasteiger partial charge in [-0.1, -0.05) is 22.9 Å². The summed E-state index contributed by atoms with van der Waals surface area (Å²) in [6.07, 6.45) is 2.08. The van der Waals surface area contributed by atoms with Crippen molar-refractivity contribution in [2.75, 3.05) is 19.7 Å². The fourth-order valence-corrected chi connectivity index (χ4v) is 2.44. The normalized spacial score (nSPS) is 13.3. The van der Waals surface area contributed by atoms with Gasteiger partial charge in [-0.05, 0) is 38.3 Å². The predicted octanol–water partition coefficient (Wildman–Crippen LogP) is 1.49. The Balaban J connectivity index is 1.33. The van der Waals surface area contributed by atoms with E-state index < -0.39 is 5.91 Å². The number of carbonyl (C=O) groups excluding carboxylic acids is 2. The van der Waals surface area contributed by atoms with Gasteiger partial charge in [0.1, 0.15) is 5.75 Å². The van der Waals surface area contributed by atoms with Crippen LogP contribution in [0.15, 0.2) is 22.7 Å². The summed E-state index contributed by atoms with van der Waals surface area (Å²) in [7, 11) is 0. The summed E-state index contributed by atoms with van der Waals surface area (Å²) in [6.45, 7) is 4.40. The van der Waals surface area contributed by atoms with E-state index in [0.717, 1.165) is 24.0 Å². The van der Waals surface area contributed by atoms with E-state index in [2.05, 4.69) is 20.8 Å². The molecule has 3 rings (SSSR count). The lowest BCUT2D eigenvalue weighted by Crippen LogP contribution is -2.36. The van der Waals surface area contributed by atoms with Gasteiger partial charge in [0.2, 0.25) is 0 Å². The highest BCUT2D eigenvalue weighted by atomic mass is 16.5. The van der Waals surface area contributed by atoms with E-state index in [1.807, 2.05) is 32.0 Å². The van der Waals surface area contributed by atoms with Gasteiger partial charge in [-0.2, -0.15) is 4.98 Å². The van der Waals surface area contributed by atoms with Gasteiger partial charge in [-0.25, -0.2) is 0 Å². The molecule has 2 aromatic rings. The van der Waals surface area contributed by atoms with Crippen LogP contribution in [-0.2, 0) is 4.79 Å². The van der Waals surface area contributed by atoms with Crippen LogP contribution in [0.3, 0.4) is 0 Å². The molecule has 26 heavy (non-hydrogen) atoms. The minimum absolute atomic E-state index is 0.0450. The van der Waals surface area contributed by atoms with Gasteiger partial charge in [0.25, 0.3) is 5.91 Å². The van der Waals surface area contributed by atoms with Crippen LogP contribution in [0.4, 0.5) is 0 Å². The molecule has 8 nitrogen and oxygen atoms in total. The quantitative estimate of drug-likeness (QED) is 0.693. The largest absolute Gasteiger partial charge is 0.484 e. The highest BCUT2D eigenvalue weighted by Gasteiger charge is 2.29. The molecule has 0 atom stereocenters. The number of hydrogen-bond donors (Lipinski definition) is 2. The summed E-state index contributed by atoms with van der Waals surface area (Å²) in [5.41, 5.74) is 2.12. The predicted molar refractivity (Wildman–Crippen MR) is 93.0 cm³/mol. The van der Waals surface area contributed by atoms with Crippen LogP contribution in [0.25, 0.3) is 0 Å². The second kappa shape index (κ2) is 7.99. The first-order valence-corrected chi connectivity index (χ1v) is 8.61. The lowest BCUT2D eigenvalue weighted by Gasteiger charge is -2.10. The van der Waals surface area contributed by atoms with Gasteiger partial charge in [0.05, 0.1) is 0 Å². The Morgan fingerprint density at radius 1 is 1.23 bits per heavy atom. The van der Waals surface area contributed by atoms with Gasteiger partial charge >= 0.3 is 11.8 Å². The van der Waals surface area contributed by atoms with Crippen LogP contribution in [0.5, 0.6) is 5.75 Å². The van der Waals surface area contributed by atoms with Gasteiger partial charge in [-0.15, -0.1) is 0 Å². The number of nitrogens with zero attached hydrogens (tertiary/aromatic N) is 2. The van der Waals surface area contributed by atoms with Crippen LogP contribution < -0.4 is 15.4 Å². The first-order chi connectivity index (χ1) is 12.5. The lowest BCUT2D eigenvalue weighted by atomic mass is 10.1. The van der Waals surface area contributed by atoms with Crippen molar-refractivity contribution in [1.82, 2.24) is 20.8 Å². The molecule has 1 aromatic carbocycles. The summed E-state index contributed by atoms with van der Waals surface area (Å²) >= 11 is 0. The van der Waals surface area contributed by atoms with E-state index in [1.54, 1.807) is 0 Å². The molecule has 0 aliphatic heterocycles. The van der Waals surface area contributed by atoms with Crippen LogP contribution in [0, 0.1) is 13.8 Å². The van der Waals surface area contributed by atoms with Crippen molar-refractivity contribution in [1.29, 1.82) is 0 Å². The molecule has 1 aliphatic rings. The van der Waals surface area contributed by atoms with Gasteiger partial charge in [0.15, 0.2) is 12.4 Å². The van der Waals surface area contributed by atoms with Crippen LogP contribution in [0.2, 0.25) is 0 Å². The average molecular weight is 358 g/mol. The third-order valence-electron chi connectivity index (χ3n) is 4.00. The number of carbonyl (C=O) groups is 2. The van der Waals surface area contributed by atoms with Crippen molar-refractivity contribution in [3.8, 4) is 5.75 Å². The maximum atomic E-state index is 11.9. The smallest absolute Gasteiger partial charge is 0.315 e. The molecule has 1 heterocycles. The third kappa shape index (κ3) is 4.81. The van der Waals surface area contributed by atoms with Crippen molar-refractivity contribution in [3.63, 3.8) is 0 Å². The Labute approximate surface area is 151 Å². The Morgan fingerprint density at radius 2 is 2.00 bits per heavy atom. The topological polar surface area (TPSA) is 106 Å². The maximum Gasteiger partial charge on any atom is 0.315 e. The first kappa shape index (κ1) is 17.9. The molecule has 2 N–H and O–H groups in total. The van der Waals surface area contributed by atoms with E-state index in [-0.39, 0.29) is 31.5 Å². The van der Waals surface area contributed by atoms with Crippen molar-refractivity contribution >= 4 is 11.8 Å². The zero-order chi connectivity index (χ0) is 18.5. The van der Waals surface area contributed by atoms with Crippen molar-refractivity contribution in [2.45, 2.75) is 32.6 Å². The second-order valence-corrected chi connectivity index (χ2v) is 6.40. The number of nitrogens with one attached hydrogen (secondary N) is 2. The molecule has 0 radical (unpaired) electrons. The fraction of sp³-hybridized carbons (Fsp3) is 0.444. The summed E-state index contributed by atoms with van der Waals surface area (Å²) in [5, 5.41) is 9.09. The molecule has 0 saturated heterocycles. The zero-order valence-electron chi connectivity index (χ0n) is 14.9. The van der Waals surface area contributed by atoms with Gasteiger partial charge in [0, 0.05) is 19.0 Å². The molecule has 0 unspecified atom stereocenters. The summed E-state index contributed by atoms with van der Waals surface area (Å²) in [5.74, 6) is 0.861. The first-order valence-electron chi connectivity index (χ1n) is 8.61. The molecule has 1 aromatic heterocycles. The summed E-state index contributed by atoms with van der Waals surface area (Å²) in [4.78, 5) is 27.7. The Bertz CT molecular complexity index is 798. The Hall–Kier alpha value is -2.90. The number of aromatic nitrogens is 2. The number of amides is 2. The molecule has 1 fully saturated rings. The third-order valence-corrected chi connectivity index (χ3v) is 4.00. The molecule has 0 bridgehead atoms. The van der Waals surface area contributed by atoms with Crippen molar-refractivity contribution in [3.05, 3.63) is 41.0 Å². The minimum Gasteiger partial charge on any atom is -0.484 e. The van der Waals surface area contributed by atoms with Crippen LogP contribution >= 0.6 is 0 Å². The van der Waals surface area contributed by atoms with Crippen LogP contribution in [0.1, 0.15) is 46.4 Å². The fourth-order valence-electron chi connectivity index (χ4n) is 2.44. The SMILES string of the molecule is Cc1ccc(OCC(=O)NCCNC(=O)c2nc(C3CC3)no2)c(C)c1. The molecular weight excluding hydrogens is 336 g/mol. The van der Waals surface area contributed by atoms with Crippen molar-refractivity contribution in [2.24, 2.45) is 0 Å². The van der Waals surface area contributed by atoms with Crippen molar-refractivity contribution < 1.29 is 18.8 Å². The molecule has 138 valence electrons. The van der Waals surface area contributed by atoms with E-state index in [1.165, 1.54) is 0 Å². The minimum atomic E-state index is -0.440. The van der Waals surface area contributed by atoms with E-state index in [4.69, 9.17) is 9.26 Å². The molecule has 1 saturated carbocycles. The number of aryl methyl sites for hydroxylation is 2. The highest BCUT2D eigenvalue weighted by Crippen LogP contribution is 2.38. The van der Waals surface area contributed by atoms with E-state index >= 15 is 0 Å². The molecule has 0 spiro atoms. The van der Waals surface area contributed by atoms with Crippen LogP contribution in [-0.4, -0.2) is 41.7 Å². The number of ether oxygens (including phenoxy) is 1. The highest BCUT2D eigenvalue weighted by molar-refractivity contribution is 5.89. The average Bonchev–Trinajstić information content (AvgIpc) is 3.34. The molecule has 8 heteroatoms. The number of rotatable bonds is 8. The standard InChI is InChI=1S/C18H22N4O4/c1-11-3-6-14(12(2)9-11)25-10-15(23)19-7-8-20-17(24)18-21-16(22-26-18)13-4-5-13/h3,6,9,13H,4-5,7-8,10H2,1-2H3,(H,19,23)(H,20,24). The summed E-state index contributed by atoms with van der Waals surface area (Å²) < 4.78 is 10.4. The Kier molecular flexibility index (Phi) is 5.50. The van der Waals surface area contributed by atoms with Gasteiger partial charge < -0.3 is 19.9 Å². The summed E-state index contributed by atoms with van der Waals surface area (Å²) in [6, 6.07) is 5.77. The molecule has 2 amide bonds. The molecular formula is C18H22N4O4. The second-order valence-electron chi connectivity index (χ2n) is 6.40. The number of hydrogen-bond acceptors (Lipinski definition) is 6. The monoisotopic (exact) mass is 358 g/mol. The number of benzene rings is 1. The zero-order valence-corrected chi connectivity index (χ0v) is 14.9. The van der Waals surface area contributed by atoms with E-state index in [0.29, 0.717) is 17.5 Å². The molecule has 1 aliphatic carbocycles.